The molecule has 346 valence electrons. The number of aliphatic hydroxyl groups is 2. The first-order valence-electron chi connectivity index (χ1n) is 24.2. The van der Waals surface area contributed by atoms with Crippen LogP contribution in [0, 0.1) is 11.8 Å². The van der Waals surface area contributed by atoms with Crippen molar-refractivity contribution in [3.05, 3.63) is 233 Å². The minimum absolute atomic E-state index is 0.0946. The number of anilines is 6. The van der Waals surface area contributed by atoms with Gasteiger partial charge in [-0.15, -0.1) is 0 Å². The molecule has 0 saturated heterocycles. The number of hydrogen-bond donors (Lipinski definition) is 5. The van der Waals surface area contributed by atoms with Crippen molar-refractivity contribution in [3.8, 4) is 0 Å². The molecular formula is C61H38N8O2S2. The zero-order chi connectivity index (χ0) is 48.1. The van der Waals surface area contributed by atoms with Gasteiger partial charge in [0.1, 0.15) is 17.4 Å². The number of guanidine groups is 2. The second kappa shape index (κ2) is 15.3. The van der Waals surface area contributed by atoms with E-state index in [0.717, 1.165) is 117 Å². The zero-order valence-corrected chi connectivity index (χ0v) is 40.1. The van der Waals surface area contributed by atoms with Crippen LogP contribution in [-0.2, 0) is 0 Å². The van der Waals surface area contributed by atoms with Crippen molar-refractivity contribution >= 4 is 114 Å². The van der Waals surface area contributed by atoms with Gasteiger partial charge >= 0.3 is 0 Å². The first-order valence-corrected chi connectivity index (χ1v) is 25.9. The highest BCUT2D eigenvalue weighted by Crippen LogP contribution is 2.55. The second-order valence-corrected chi connectivity index (χ2v) is 21.0. The molecule has 16 rings (SSSR count). The number of benzene rings is 8. The third-order valence-corrected chi connectivity index (χ3v) is 17.2. The van der Waals surface area contributed by atoms with Crippen LogP contribution in [-0.4, -0.2) is 28.0 Å². The number of fused-ring (bicyclic) bond motifs is 4. The van der Waals surface area contributed by atoms with Gasteiger partial charge in [-0.2, -0.15) is 0 Å². The molecule has 0 aromatic heterocycles. The lowest BCUT2D eigenvalue weighted by Gasteiger charge is -2.39. The SMILES string of the molecule is OC1=C(c2ccc3c4c(cccc24)N=C(N2c4ccccc4Sc4ccccc42)N3)C(O)=C1C1C=CC2=C3C(=CC=CC31)NC(c1ccc3c4c(cccc14)N=C(N1c4ccccc4Sc4ccccc41)N3)=N2. The molecular weight excluding hydrogens is 941 g/mol. The van der Waals surface area contributed by atoms with E-state index in [9.17, 15) is 10.2 Å². The summed E-state index contributed by atoms with van der Waals surface area (Å²) in [6, 6.07) is 54.3. The van der Waals surface area contributed by atoms with Crippen molar-refractivity contribution in [2.75, 3.05) is 20.4 Å². The standard InChI is InChI=1S/C61H38N8O2S2/c70-57-55(58(71)56(57)36-27-30-42-53-33(36)13-10-16-39(53)64-60(66-42)68-44-18-1-5-22-48(44)72-49-23-6-2-19-45(49)68)35-26-29-41-52-32(35)12-9-15-38(52)62-59(63-41)37-28-31-43-54-34(37)14-11-17-40(54)65-61(67-43)69-46-20-3-7-24-50(46)73-51-25-8-4-21-47(51)69/h1-32,35,70-71H,(H,62,63)(H,64,66)(H,65,67). The molecule has 5 aliphatic heterocycles. The quantitative estimate of drug-likeness (QED) is 0.118. The summed E-state index contributed by atoms with van der Waals surface area (Å²) in [7, 11) is 0. The molecule has 2 unspecified atom stereocenters. The molecule has 10 nitrogen and oxygen atoms in total. The summed E-state index contributed by atoms with van der Waals surface area (Å²) in [5, 5.41) is 39.2. The van der Waals surface area contributed by atoms with Crippen LogP contribution in [0.4, 0.5) is 45.5 Å². The third-order valence-electron chi connectivity index (χ3n) is 14.9. The predicted octanol–water partition coefficient (Wildman–Crippen LogP) is 15.1. The molecule has 0 spiro atoms. The highest BCUT2D eigenvalue weighted by atomic mass is 32.2. The van der Waals surface area contributed by atoms with Gasteiger partial charge in [0.25, 0.3) is 0 Å². The number of nitrogens with zero attached hydrogens (tertiary/aromatic N) is 5. The highest BCUT2D eigenvalue weighted by Gasteiger charge is 2.43. The van der Waals surface area contributed by atoms with Crippen molar-refractivity contribution in [1.29, 1.82) is 0 Å². The van der Waals surface area contributed by atoms with Gasteiger partial charge in [-0.1, -0.05) is 121 Å². The third kappa shape index (κ3) is 5.87. The molecule has 0 radical (unpaired) electrons. The van der Waals surface area contributed by atoms with Crippen LogP contribution < -0.4 is 25.8 Å². The lowest BCUT2D eigenvalue weighted by Crippen LogP contribution is -2.36. The fraction of sp³-hybridized carbons (Fsp3) is 0.0328. The van der Waals surface area contributed by atoms with E-state index in [4.69, 9.17) is 15.0 Å². The van der Waals surface area contributed by atoms with Gasteiger partial charge in [0.05, 0.1) is 56.8 Å². The van der Waals surface area contributed by atoms with E-state index in [2.05, 4.69) is 177 Å². The number of allylic oxidation sites excluding steroid dienone is 8. The zero-order valence-electron chi connectivity index (χ0n) is 38.5. The van der Waals surface area contributed by atoms with E-state index in [-0.39, 0.29) is 23.4 Å². The van der Waals surface area contributed by atoms with Crippen LogP contribution in [0.3, 0.4) is 0 Å². The Kier molecular flexibility index (Phi) is 8.52. The number of rotatable bonds is 3. The number of para-hydroxylation sites is 4. The molecule has 12 heteroatoms. The van der Waals surface area contributed by atoms with Crippen molar-refractivity contribution in [1.82, 2.24) is 5.32 Å². The molecule has 2 atom stereocenters. The van der Waals surface area contributed by atoms with Crippen molar-refractivity contribution in [2.24, 2.45) is 26.8 Å². The monoisotopic (exact) mass is 978 g/mol. The molecule has 0 saturated carbocycles. The molecule has 8 aliphatic rings. The maximum atomic E-state index is 12.1. The minimum atomic E-state index is -0.320. The van der Waals surface area contributed by atoms with Crippen LogP contribution >= 0.6 is 23.5 Å². The van der Waals surface area contributed by atoms with Gasteiger partial charge in [-0.05, 0) is 107 Å². The first-order chi connectivity index (χ1) is 36.0. The summed E-state index contributed by atoms with van der Waals surface area (Å²) >= 11 is 3.54. The first kappa shape index (κ1) is 40.7. The fourth-order valence-corrected chi connectivity index (χ4v) is 13.8. The van der Waals surface area contributed by atoms with Crippen molar-refractivity contribution in [2.45, 2.75) is 19.6 Å². The lowest BCUT2D eigenvalue weighted by atomic mass is 9.69. The van der Waals surface area contributed by atoms with E-state index >= 15 is 0 Å². The van der Waals surface area contributed by atoms with Crippen molar-refractivity contribution in [3.63, 3.8) is 0 Å². The summed E-state index contributed by atoms with van der Waals surface area (Å²) in [4.78, 5) is 24.9. The molecule has 8 aromatic carbocycles. The molecule has 5 heterocycles. The van der Waals surface area contributed by atoms with Crippen molar-refractivity contribution < 1.29 is 10.2 Å². The van der Waals surface area contributed by atoms with Crippen LogP contribution in [0.25, 0.3) is 27.1 Å². The Morgan fingerprint density at radius 2 is 0.973 bits per heavy atom. The molecule has 0 bridgehead atoms. The minimum Gasteiger partial charge on any atom is -0.507 e. The van der Waals surface area contributed by atoms with E-state index in [1.54, 1.807) is 23.5 Å². The highest BCUT2D eigenvalue weighted by molar-refractivity contribution is 8.00. The normalized spacial score (nSPS) is 19.3. The molecule has 73 heavy (non-hydrogen) atoms. The molecule has 8 aromatic rings. The Bertz CT molecular complexity index is 4110. The second-order valence-electron chi connectivity index (χ2n) is 18.8. The van der Waals surface area contributed by atoms with Gasteiger partial charge < -0.3 is 26.2 Å². The van der Waals surface area contributed by atoms with Crippen LogP contribution in [0.2, 0.25) is 0 Å². The molecule has 0 fully saturated rings. The summed E-state index contributed by atoms with van der Waals surface area (Å²) in [6.07, 6.45) is 10.4. The molecule has 3 aliphatic carbocycles. The molecule has 5 N–H and O–H groups in total. The average Bonchev–Trinajstić information content (AvgIpc) is 3.43. The Balaban J connectivity index is 0.714. The molecule has 0 amide bonds. The van der Waals surface area contributed by atoms with Gasteiger partial charge in [0, 0.05) is 64.6 Å². The number of nitrogens with one attached hydrogen (secondary N) is 3. The number of hydrogen-bond acceptors (Lipinski definition) is 12. The summed E-state index contributed by atoms with van der Waals surface area (Å²) < 4.78 is 0. The van der Waals surface area contributed by atoms with Gasteiger partial charge in [0.2, 0.25) is 11.9 Å². The van der Waals surface area contributed by atoms with Gasteiger partial charge in [-0.3, -0.25) is 9.80 Å². The summed E-state index contributed by atoms with van der Waals surface area (Å²) in [6.45, 7) is 0. The summed E-state index contributed by atoms with van der Waals surface area (Å²) in [5.74, 6) is 1.89. The van der Waals surface area contributed by atoms with E-state index < -0.39 is 0 Å². The van der Waals surface area contributed by atoms with Gasteiger partial charge in [-0.25, -0.2) is 15.0 Å². The van der Waals surface area contributed by atoms with E-state index in [1.807, 2.05) is 36.4 Å². The topological polar surface area (TPSA) is 120 Å². The Hall–Kier alpha value is -8.97. The predicted molar refractivity (Wildman–Crippen MR) is 297 cm³/mol. The number of aliphatic hydroxyl groups excluding tert-OH is 2. The number of aliphatic imine (C=N–C) groups is 3. The Labute approximate surface area is 427 Å². The van der Waals surface area contributed by atoms with Crippen LogP contribution in [0.1, 0.15) is 11.1 Å². The summed E-state index contributed by atoms with van der Waals surface area (Å²) in [5.41, 5.74) is 13.3. The van der Waals surface area contributed by atoms with E-state index in [0.29, 0.717) is 17.1 Å². The van der Waals surface area contributed by atoms with E-state index in [1.165, 1.54) is 9.79 Å². The van der Waals surface area contributed by atoms with Crippen LogP contribution in [0.5, 0.6) is 0 Å². The maximum Gasteiger partial charge on any atom is 0.213 e. The lowest BCUT2D eigenvalue weighted by molar-refractivity contribution is 0.346. The fourth-order valence-electron chi connectivity index (χ4n) is 11.7. The van der Waals surface area contributed by atoms with Crippen LogP contribution in [0.15, 0.2) is 257 Å². The van der Waals surface area contributed by atoms with Gasteiger partial charge in [0.15, 0.2) is 0 Å². The average molecular weight is 979 g/mol. The number of amidine groups is 1. The maximum absolute atomic E-state index is 12.1. The Morgan fingerprint density at radius 3 is 1.52 bits per heavy atom. The Morgan fingerprint density at radius 1 is 0.466 bits per heavy atom. The smallest absolute Gasteiger partial charge is 0.213 e. The largest absolute Gasteiger partial charge is 0.507 e.